The normalized spacial score (nSPS) is 12.4. The van der Waals surface area contributed by atoms with Crippen LogP contribution in [0.3, 0.4) is 0 Å². The minimum Gasteiger partial charge on any atom is -0.484 e. The molecule has 0 aliphatic carbocycles. The minimum atomic E-state index is -0.309. The lowest BCUT2D eigenvalue weighted by molar-refractivity contribution is 0.109. The summed E-state index contributed by atoms with van der Waals surface area (Å²) in [6.45, 7) is 3.59. The van der Waals surface area contributed by atoms with E-state index in [1.54, 1.807) is 26.2 Å². The van der Waals surface area contributed by atoms with Gasteiger partial charge in [0.05, 0.1) is 0 Å². The van der Waals surface area contributed by atoms with Gasteiger partial charge in [-0.3, -0.25) is 0 Å². The Morgan fingerprint density at radius 1 is 1.42 bits per heavy atom. The van der Waals surface area contributed by atoms with Crippen molar-refractivity contribution in [1.82, 2.24) is 10.1 Å². The number of ether oxygens (including phenoxy) is 2. The fraction of sp³-hybridized carbons (Fsp3) is 0.385. The van der Waals surface area contributed by atoms with E-state index in [1.807, 2.05) is 6.92 Å². The highest BCUT2D eigenvalue weighted by molar-refractivity contribution is 5.27. The number of aromatic nitrogens is 2. The van der Waals surface area contributed by atoms with Gasteiger partial charge in [-0.05, 0) is 25.5 Å². The number of rotatable bonds is 5. The highest BCUT2D eigenvalue weighted by atomic mass is 19.1. The van der Waals surface area contributed by atoms with Crippen LogP contribution in [0.15, 0.2) is 22.7 Å². The molecule has 0 aliphatic rings. The van der Waals surface area contributed by atoms with Crippen molar-refractivity contribution in [3.05, 3.63) is 41.3 Å². The van der Waals surface area contributed by atoms with Crippen molar-refractivity contribution in [2.24, 2.45) is 0 Å². The molecule has 0 bridgehead atoms. The van der Waals surface area contributed by atoms with Crippen LogP contribution in [-0.4, -0.2) is 17.3 Å². The van der Waals surface area contributed by atoms with Crippen LogP contribution in [0.5, 0.6) is 5.75 Å². The van der Waals surface area contributed by atoms with Gasteiger partial charge in [-0.25, -0.2) is 4.39 Å². The average molecular weight is 266 g/mol. The summed E-state index contributed by atoms with van der Waals surface area (Å²) in [7, 11) is 1.56. The Morgan fingerprint density at radius 2 is 2.21 bits per heavy atom. The second-order valence-electron chi connectivity index (χ2n) is 4.12. The first kappa shape index (κ1) is 13.5. The first-order chi connectivity index (χ1) is 9.10. The Labute approximate surface area is 110 Å². The molecular weight excluding hydrogens is 251 g/mol. The lowest BCUT2D eigenvalue weighted by atomic mass is 10.2. The summed E-state index contributed by atoms with van der Waals surface area (Å²) >= 11 is 0. The fourth-order valence-corrected chi connectivity index (χ4v) is 1.41. The zero-order valence-corrected chi connectivity index (χ0v) is 11.0. The van der Waals surface area contributed by atoms with Gasteiger partial charge in [0.2, 0.25) is 0 Å². The molecule has 6 heteroatoms. The molecule has 0 aliphatic heterocycles. The zero-order valence-electron chi connectivity index (χ0n) is 11.0. The van der Waals surface area contributed by atoms with Crippen molar-refractivity contribution < 1.29 is 18.4 Å². The van der Waals surface area contributed by atoms with E-state index >= 15 is 0 Å². The summed E-state index contributed by atoms with van der Waals surface area (Å²) in [6.07, 6.45) is -0.241. The Morgan fingerprint density at radius 3 is 2.89 bits per heavy atom. The third-order valence-electron chi connectivity index (χ3n) is 2.71. The monoisotopic (exact) mass is 266 g/mol. The Balaban J connectivity index is 1.98. The van der Waals surface area contributed by atoms with Gasteiger partial charge in [-0.2, -0.15) is 4.98 Å². The topological polar surface area (TPSA) is 57.4 Å². The van der Waals surface area contributed by atoms with Crippen LogP contribution in [0, 0.1) is 12.7 Å². The van der Waals surface area contributed by atoms with E-state index in [0.29, 0.717) is 23.0 Å². The third kappa shape index (κ3) is 3.29. The van der Waals surface area contributed by atoms with E-state index in [1.165, 1.54) is 6.07 Å². The molecule has 5 nitrogen and oxygen atoms in total. The van der Waals surface area contributed by atoms with E-state index in [9.17, 15) is 4.39 Å². The number of methoxy groups -OCH3 is 1. The number of benzene rings is 1. The fourth-order valence-electron chi connectivity index (χ4n) is 1.41. The highest BCUT2D eigenvalue weighted by Gasteiger charge is 2.13. The molecule has 2 rings (SSSR count). The van der Waals surface area contributed by atoms with Gasteiger partial charge in [-0.15, -0.1) is 0 Å². The van der Waals surface area contributed by atoms with Gasteiger partial charge < -0.3 is 14.0 Å². The van der Waals surface area contributed by atoms with Crippen LogP contribution in [0.25, 0.3) is 0 Å². The summed E-state index contributed by atoms with van der Waals surface area (Å²) in [5, 5.41) is 3.77. The van der Waals surface area contributed by atoms with Gasteiger partial charge in [0.25, 0.3) is 5.89 Å². The van der Waals surface area contributed by atoms with E-state index in [0.717, 1.165) is 0 Å². The molecule has 0 saturated heterocycles. The molecule has 0 spiro atoms. The third-order valence-corrected chi connectivity index (χ3v) is 2.71. The maximum absolute atomic E-state index is 13.3. The number of hydrogen-bond acceptors (Lipinski definition) is 5. The van der Waals surface area contributed by atoms with Crippen LogP contribution >= 0.6 is 0 Å². The van der Waals surface area contributed by atoms with Crippen molar-refractivity contribution in [3.63, 3.8) is 0 Å². The van der Waals surface area contributed by atoms with Crippen LogP contribution < -0.4 is 4.74 Å². The van der Waals surface area contributed by atoms with Crippen molar-refractivity contribution in [3.8, 4) is 5.75 Å². The van der Waals surface area contributed by atoms with Crippen molar-refractivity contribution >= 4 is 0 Å². The number of hydrogen-bond donors (Lipinski definition) is 0. The molecule has 1 atom stereocenters. The summed E-state index contributed by atoms with van der Waals surface area (Å²) in [5.74, 6) is 0.885. The van der Waals surface area contributed by atoms with E-state index < -0.39 is 0 Å². The van der Waals surface area contributed by atoms with Gasteiger partial charge in [0.15, 0.2) is 12.4 Å². The SMILES string of the molecule is CO[C@@H](C)c1noc(COc2ccc(C)c(F)c2)n1. The molecule has 0 N–H and O–H groups in total. The van der Waals surface area contributed by atoms with Crippen LogP contribution in [0.1, 0.15) is 30.3 Å². The second-order valence-corrected chi connectivity index (χ2v) is 4.12. The molecule has 0 saturated carbocycles. The zero-order chi connectivity index (χ0) is 13.8. The first-order valence-electron chi connectivity index (χ1n) is 5.84. The summed E-state index contributed by atoms with van der Waals surface area (Å²) in [5.41, 5.74) is 0.571. The quantitative estimate of drug-likeness (QED) is 0.832. The smallest absolute Gasteiger partial charge is 0.264 e. The second kappa shape index (κ2) is 5.79. The number of nitrogens with zero attached hydrogens (tertiary/aromatic N) is 2. The lowest BCUT2D eigenvalue weighted by Crippen LogP contribution is -2.00. The molecule has 1 heterocycles. The molecule has 0 radical (unpaired) electrons. The Kier molecular flexibility index (Phi) is 4.11. The van der Waals surface area contributed by atoms with E-state index in [2.05, 4.69) is 10.1 Å². The molecule has 0 amide bonds. The molecule has 1 aromatic heterocycles. The van der Waals surface area contributed by atoms with Crippen molar-refractivity contribution in [2.75, 3.05) is 7.11 Å². The molecule has 1 aromatic carbocycles. The standard InChI is InChI=1S/C13H15FN2O3/c1-8-4-5-10(6-11(8)14)18-7-12-15-13(16-19-12)9(2)17-3/h4-6,9H,7H2,1-3H3/t9-/m0/s1. The number of halogens is 1. The van der Waals surface area contributed by atoms with Gasteiger partial charge in [-0.1, -0.05) is 11.2 Å². The summed E-state index contributed by atoms with van der Waals surface area (Å²) in [6, 6.07) is 4.66. The minimum absolute atomic E-state index is 0.0892. The van der Waals surface area contributed by atoms with Gasteiger partial charge in [0, 0.05) is 13.2 Å². The Bertz CT molecular complexity index is 557. The highest BCUT2D eigenvalue weighted by Crippen LogP contribution is 2.17. The Hall–Kier alpha value is -1.95. The largest absolute Gasteiger partial charge is 0.484 e. The van der Waals surface area contributed by atoms with Gasteiger partial charge in [0.1, 0.15) is 17.7 Å². The predicted molar refractivity (Wildman–Crippen MR) is 65.2 cm³/mol. The first-order valence-corrected chi connectivity index (χ1v) is 5.84. The van der Waals surface area contributed by atoms with Crippen LogP contribution in [-0.2, 0) is 11.3 Å². The maximum atomic E-state index is 13.3. The number of aryl methyl sites for hydroxylation is 1. The maximum Gasteiger partial charge on any atom is 0.264 e. The average Bonchev–Trinajstić information content (AvgIpc) is 2.88. The molecule has 102 valence electrons. The van der Waals surface area contributed by atoms with Crippen molar-refractivity contribution in [1.29, 1.82) is 0 Å². The summed E-state index contributed by atoms with van der Waals surface area (Å²) in [4.78, 5) is 4.11. The van der Waals surface area contributed by atoms with Crippen LogP contribution in [0.4, 0.5) is 4.39 Å². The molecule has 19 heavy (non-hydrogen) atoms. The van der Waals surface area contributed by atoms with E-state index in [-0.39, 0.29) is 18.5 Å². The molecular formula is C13H15FN2O3. The molecule has 0 fully saturated rings. The predicted octanol–water partition coefficient (Wildman–Crippen LogP) is 2.80. The van der Waals surface area contributed by atoms with E-state index in [4.69, 9.17) is 14.0 Å². The molecule has 0 unspecified atom stereocenters. The lowest BCUT2D eigenvalue weighted by Gasteiger charge is -2.04. The molecule has 2 aromatic rings. The summed E-state index contributed by atoms with van der Waals surface area (Å²) < 4.78 is 28.8. The van der Waals surface area contributed by atoms with Crippen LogP contribution in [0.2, 0.25) is 0 Å². The van der Waals surface area contributed by atoms with Crippen molar-refractivity contribution in [2.45, 2.75) is 26.6 Å². The van der Waals surface area contributed by atoms with Gasteiger partial charge >= 0.3 is 0 Å².